The predicted molar refractivity (Wildman–Crippen MR) is 96.9 cm³/mol. The second-order valence-corrected chi connectivity index (χ2v) is 7.71. The number of likely N-dealkylation sites (tertiary alicyclic amines) is 1. The Morgan fingerprint density at radius 3 is 2.56 bits per heavy atom. The molecule has 1 amide bonds. The number of carbonyl (C=O) groups is 2. The molecule has 1 aromatic rings. The van der Waals surface area contributed by atoms with Crippen molar-refractivity contribution in [3.8, 4) is 0 Å². The lowest BCUT2D eigenvalue weighted by molar-refractivity contribution is -0.147. The van der Waals surface area contributed by atoms with E-state index in [0.717, 1.165) is 11.1 Å². The molecule has 0 bridgehead atoms. The zero-order valence-electron chi connectivity index (χ0n) is 15.5. The van der Waals surface area contributed by atoms with Gasteiger partial charge in [0, 0.05) is 24.0 Å². The molecular formula is C19H26ClNO4. The lowest BCUT2D eigenvalue weighted by Gasteiger charge is -2.24. The Morgan fingerprint density at radius 2 is 1.96 bits per heavy atom. The summed E-state index contributed by atoms with van der Waals surface area (Å²) in [6.45, 7) is 10.1. The topological polar surface area (TPSA) is 55.8 Å². The zero-order chi connectivity index (χ0) is 18.8. The number of amides is 1. The van der Waals surface area contributed by atoms with Crippen LogP contribution >= 0.6 is 11.6 Å². The Balaban J connectivity index is 2.30. The Hall–Kier alpha value is -1.75. The lowest BCUT2D eigenvalue weighted by atomic mass is 9.88. The largest absolute Gasteiger partial charge is 0.466 e. The number of esters is 1. The first-order valence-corrected chi connectivity index (χ1v) is 8.91. The van der Waals surface area contributed by atoms with Gasteiger partial charge in [-0.2, -0.15) is 0 Å². The van der Waals surface area contributed by atoms with Crippen molar-refractivity contribution in [3.63, 3.8) is 0 Å². The molecule has 0 radical (unpaired) electrons. The molecule has 1 heterocycles. The van der Waals surface area contributed by atoms with Gasteiger partial charge in [0.15, 0.2) is 0 Å². The summed E-state index contributed by atoms with van der Waals surface area (Å²) >= 11 is 6.47. The van der Waals surface area contributed by atoms with Crippen LogP contribution in [0.5, 0.6) is 0 Å². The van der Waals surface area contributed by atoms with Gasteiger partial charge in [0.1, 0.15) is 5.60 Å². The van der Waals surface area contributed by atoms with Crippen LogP contribution in [-0.2, 0) is 14.3 Å². The summed E-state index contributed by atoms with van der Waals surface area (Å²) in [5.41, 5.74) is 1.22. The Bertz CT molecular complexity index is 653. The summed E-state index contributed by atoms with van der Waals surface area (Å²) < 4.78 is 10.7. The minimum Gasteiger partial charge on any atom is -0.466 e. The number of ether oxygens (including phenoxy) is 2. The molecule has 2 atom stereocenters. The van der Waals surface area contributed by atoms with Crippen molar-refractivity contribution in [2.24, 2.45) is 5.92 Å². The van der Waals surface area contributed by atoms with Crippen LogP contribution in [0.15, 0.2) is 18.2 Å². The number of nitrogens with zero attached hydrogens (tertiary/aromatic N) is 1. The highest BCUT2D eigenvalue weighted by Gasteiger charge is 2.43. The Kier molecular flexibility index (Phi) is 5.99. The highest BCUT2D eigenvalue weighted by atomic mass is 35.5. The highest BCUT2D eigenvalue weighted by Crippen LogP contribution is 2.38. The molecule has 1 aromatic carbocycles. The van der Waals surface area contributed by atoms with Crippen LogP contribution in [0.1, 0.15) is 44.7 Å². The molecule has 0 aliphatic carbocycles. The molecule has 0 aromatic heterocycles. The van der Waals surface area contributed by atoms with E-state index >= 15 is 0 Å². The maximum atomic E-state index is 12.4. The van der Waals surface area contributed by atoms with E-state index in [0.29, 0.717) is 18.2 Å². The smallest absolute Gasteiger partial charge is 0.410 e. The molecule has 1 saturated heterocycles. The fourth-order valence-corrected chi connectivity index (χ4v) is 3.31. The third-order valence-electron chi connectivity index (χ3n) is 4.18. The van der Waals surface area contributed by atoms with E-state index in [1.165, 1.54) is 0 Å². The fourth-order valence-electron chi connectivity index (χ4n) is 3.04. The van der Waals surface area contributed by atoms with E-state index in [1.807, 2.05) is 45.9 Å². The maximum Gasteiger partial charge on any atom is 0.410 e. The van der Waals surface area contributed by atoms with Crippen LogP contribution in [0.4, 0.5) is 4.79 Å². The highest BCUT2D eigenvalue weighted by molar-refractivity contribution is 6.32. The molecule has 1 aliphatic rings. The summed E-state index contributed by atoms with van der Waals surface area (Å²) in [7, 11) is 0. The van der Waals surface area contributed by atoms with Gasteiger partial charge in [0.25, 0.3) is 0 Å². The molecule has 138 valence electrons. The van der Waals surface area contributed by atoms with E-state index in [4.69, 9.17) is 21.1 Å². The summed E-state index contributed by atoms with van der Waals surface area (Å²) in [6, 6.07) is 5.74. The van der Waals surface area contributed by atoms with Gasteiger partial charge < -0.3 is 14.4 Å². The van der Waals surface area contributed by atoms with Gasteiger partial charge >= 0.3 is 12.1 Å². The monoisotopic (exact) mass is 367 g/mol. The normalized spacial score (nSPS) is 20.5. The first-order chi connectivity index (χ1) is 11.6. The van der Waals surface area contributed by atoms with Crippen LogP contribution in [0.25, 0.3) is 0 Å². The quantitative estimate of drug-likeness (QED) is 0.752. The molecule has 1 fully saturated rings. The van der Waals surface area contributed by atoms with Crippen molar-refractivity contribution in [1.82, 2.24) is 4.90 Å². The zero-order valence-corrected chi connectivity index (χ0v) is 16.2. The number of aryl methyl sites for hydroxylation is 1. The number of benzene rings is 1. The minimum absolute atomic E-state index is 0.209. The number of carbonyl (C=O) groups excluding carboxylic acids is 2. The first-order valence-electron chi connectivity index (χ1n) is 8.53. The van der Waals surface area contributed by atoms with Gasteiger partial charge in [-0.25, -0.2) is 4.79 Å². The molecule has 0 saturated carbocycles. The molecule has 0 N–H and O–H groups in total. The molecule has 5 nitrogen and oxygen atoms in total. The van der Waals surface area contributed by atoms with Crippen molar-refractivity contribution in [2.45, 2.75) is 46.1 Å². The number of rotatable bonds is 3. The number of hydrogen-bond acceptors (Lipinski definition) is 4. The van der Waals surface area contributed by atoms with Crippen LogP contribution in [0, 0.1) is 12.8 Å². The van der Waals surface area contributed by atoms with Crippen LogP contribution in [-0.4, -0.2) is 42.3 Å². The van der Waals surface area contributed by atoms with Gasteiger partial charge in [0.2, 0.25) is 0 Å². The van der Waals surface area contributed by atoms with Crippen LogP contribution < -0.4 is 0 Å². The standard InChI is InChI=1S/C19H26ClNO4/c1-6-24-17(22)15-11-21(18(23)25-19(3,4)5)10-14(15)13-9-7-8-12(2)16(13)20/h7-9,14-15H,6,10-11H2,1-5H3/t14-,15-/m1/s1. The van der Waals surface area contributed by atoms with Crippen molar-refractivity contribution in [2.75, 3.05) is 19.7 Å². The van der Waals surface area contributed by atoms with E-state index in [-0.39, 0.29) is 18.4 Å². The predicted octanol–water partition coefficient (Wildman–Crippen LogP) is 4.16. The molecular weight excluding hydrogens is 342 g/mol. The van der Waals surface area contributed by atoms with Crippen molar-refractivity contribution < 1.29 is 19.1 Å². The van der Waals surface area contributed by atoms with Gasteiger partial charge in [-0.15, -0.1) is 0 Å². The lowest BCUT2D eigenvalue weighted by Crippen LogP contribution is -2.36. The fraction of sp³-hybridized carbons (Fsp3) is 0.579. The maximum absolute atomic E-state index is 12.4. The molecule has 0 unspecified atom stereocenters. The van der Waals surface area contributed by atoms with Gasteiger partial charge in [-0.1, -0.05) is 29.8 Å². The van der Waals surface area contributed by atoms with Gasteiger partial charge in [-0.05, 0) is 45.7 Å². The van der Waals surface area contributed by atoms with Crippen LogP contribution in [0.3, 0.4) is 0 Å². The summed E-state index contributed by atoms with van der Waals surface area (Å²) in [6.07, 6.45) is -0.423. The molecule has 25 heavy (non-hydrogen) atoms. The molecule has 0 spiro atoms. The van der Waals surface area contributed by atoms with Crippen molar-refractivity contribution >= 4 is 23.7 Å². The van der Waals surface area contributed by atoms with Gasteiger partial charge in [0.05, 0.1) is 12.5 Å². The first kappa shape index (κ1) is 19.6. The van der Waals surface area contributed by atoms with E-state index < -0.39 is 17.6 Å². The average Bonchev–Trinajstić information content (AvgIpc) is 2.94. The Labute approximate surface area is 154 Å². The second-order valence-electron chi connectivity index (χ2n) is 7.33. The van der Waals surface area contributed by atoms with Crippen molar-refractivity contribution in [1.29, 1.82) is 0 Å². The van der Waals surface area contributed by atoms with Gasteiger partial charge in [-0.3, -0.25) is 4.79 Å². The van der Waals surface area contributed by atoms with E-state index in [9.17, 15) is 9.59 Å². The molecule has 1 aliphatic heterocycles. The summed E-state index contributed by atoms with van der Waals surface area (Å²) in [5.74, 6) is -0.970. The third-order valence-corrected chi connectivity index (χ3v) is 4.70. The summed E-state index contributed by atoms with van der Waals surface area (Å²) in [4.78, 5) is 26.4. The number of hydrogen-bond donors (Lipinski definition) is 0. The van der Waals surface area contributed by atoms with E-state index in [1.54, 1.807) is 11.8 Å². The third kappa shape index (κ3) is 4.66. The SMILES string of the molecule is CCOC(=O)[C@@H]1CN(C(=O)OC(C)(C)C)C[C@@H]1c1cccc(C)c1Cl. The van der Waals surface area contributed by atoms with Crippen LogP contribution in [0.2, 0.25) is 5.02 Å². The summed E-state index contributed by atoms with van der Waals surface area (Å²) in [5, 5.41) is 0.632. The molecule has 6 heteroatoms. The molecule has 2 rings (SSSR count). The second kappa shape index (κ2) is 7.65. The Morgan fingerprint density at radius 1 is 1.28 bits per heavy atom. The van der Waals surface area contributed by atoms with E-state index in [2.05, 4.69) is 0 Å². The number of halogens is 1. The average molecular weight is 368 g/mol. The van der Waals surface area contributed by atoms with Crippen molar-refractivity contribution in [3.05, 3.63) is 34.3 Å². The minimum atomic E-state index is -0.588.